The number of hydrogen-bond donors (Lipinski definition) is 1. The summed E-state index contributed by atoms with van der Waals surface area (Å²) in [5.41, 5.74) is 10.8. The van der Waals surface area contributed by atoms with Crippen LogP contribution in [0.5, 0.6) is 0 Å². The van der Waals surface area contributed by atoms with E-state index in [4.69, 9.17) is 10.2 Å². The molecule has 0 amide bonds. The van der Waals surface area contributed by atoms with Gasteiger partial charge in [0.1, 0.15) is 5.52 Å². The molecule has 0 saturated carbocycles. The topological polar surface area (TPSA) is 52.0 Å². The smallest absolute Gasteiger partial charge is 0.203 e. The molecule has 0 spiro atoms. The van der Waals surface area contributed by atoms with Gasteiger partial charge < -0.3 is 10.2 Å². The maximum absolute atomic E-state index is 5.96. The molecule has 1 aliphatic carbocycles. The average Bonchev–Trinajstić information content (AvgIpc) is 2.74. The number of hydrogen-bond acceptors (Lipinski definition) is 3. The van der Waals surface area contributed by atoms with Gasteiger partial charge >= 0.3 is 0 Å². The van der Waals surface area contributed by atoms with Crippen LogP contribution in [-0.2, 0) is 6.42 Å². The number of aromatic nitrogens is 1. The maximum Gasteiger partial charge on any atom is 0.203 e. The highest BCUT2D eigenvalue weighted by Gasteiger charge is 2.31. The zero-order valence-corrected chi connectivity index (χ0v) is 11.6. The van der Waals surface area contributed by atoms with Crippen molar-refractivity contribution in [2.24, 2.45) is 0 Å². The number of nitrogens with zero attached hydrogens (tertiary/aromatic N) is 1. The number of nitrogens with two attached hydrogens (primary N) is 1. The van der Waals surface area contributed by atoms with Gasteiger partial charge in [0.25, 0.3) is 0 Å². The summed E-state index contributed by atoms with van der Waals surface area (Å²) < 4.78 is 6.78. The first kappa shape index (κ1) is 11.1. The number of fused-ring (bicyclic) bond motifs is 2. The van der Waals surface area contributed by atoms with Crippen LogP contribution in [0.3, 0.4) is 0 Å². The third-order valence-electron chi connectivity index (χ3n) is 3.65. The van der Waals surface area contributed by atoms with E-state index in [1.165, 1.54) is 11.1 Å². The molecule has 0 bridgehead atoms. The zero-order chi connectivity index (χ0) is 13.0. The second-order valence-electron chi connectivity index (χ2n) is 4.85. The predicted molar refractivity (Wildman–Crippen MR) is 78.1 cm³/mol. The Labute approximate surface area is 118 Å². The molecule has 3 nitrogen and oxygen atoms in total. The fourth-order valence-electron chi connectivity index (χ4n) is 2.67. The van der Waals surface area contributed by atoms with Gasteiger partial charge in [0.15, 0.2) is 5.58 Å². The van der Waals surface area contributed by atoms with Crippen molar-refractivity contribution in [3.8, 4) is 0 Å². The quantitative estimate of drug-likeness (QED) is 0.694. The monoisotopic (exact) mass is 314 g/mol. The van der Waals surface area contributed by atoms with Crippen molar-refractivity contribution in [2.75, 3.05) is 5.73 Å². The molecule has 4 rings (SSSR count). The van der Waals surface area contributed by atoms with Gasteiger partial charge in [-0.2, -0.15) is 0 Å². The normalized spacial score (nSPS) is 17.2. The second kappa shape index (κ2) is 3.84. The van der Waals surface area contributed by atoms with Crippen LogP contribution < -0.4 is 5.73 Å². The summed E-state index contributed by atoms with van der Waals surface area (Å²) in [4.78, 5) is 4.58. The van der Waals surface area contributed by atoms with Crippen molar-refractivity contribution in [3.05, 3.63) is 57.9 Å². The maximum atomic E-state index is 5.96. The third-order valence-corrected chi connectivity index (χ3v) is 4.11. The Morgan fingerprint density at radius 2 is 2.11 bits per heavy atom. The van der Waals surface area contributed by atoms with E-state index in [2.05, 4.69) is 45.2 Å². The van der Waals surface area contributed by atoms with Crippen LogP contribution in [-0.4, -0.2) is 4.98 Å². The third kappa shape index (κ3) is 1.60. The van der Waals surface area contributed by atoms with Gasteiger partial charge in [0, 0.05) is 4.47 Å². The van der Waals surface area contributed by atoms with E-state index >= 15 is 0 Å². The number of benzene rings is 2. The molecule has 94 valence electrons. The van der Waals surface area contributed by atoms with E-state index in [0.29, 0.717) is 11.3 Å². The molecule has 2 N–H and O–H groups in total. The Kier molecular flexibility index (Phi) is 2.23. The fraction of sp³-hybridized carbons (Fsp3) is 0.133. The summed E-state index contributed by atoms with van der Waals surface area (Å²) >= 11 is 3.42. The minimum absolute atomic E-state index is 0.266. The predicted octanol–water partition coefficient (Wildman–Crippen LogP) is 3.86. The van der Waals surface area contributed by atoms with E-state index in [9.17, 15) is 0 Å². The zero-order valence-electron chi connectivity index (χ0n) is 10.1. The lowest BCUT2D eigenvalue weighted by Gasteiger charge is -2.27. The molecule has 1 atom stereocenters. The van der Waals surface area contributed by atoms with E-state index in [0.717, 1.165) is 22.3 Å². The van der Waals surface area contributed by atoms with Crippen molar-refractivity contribution < 1.29 is 4.42 Å². The molecule has 0 fully saturated rings. The summed E-state index contributed by atoms with van der Waals surface area (Å²) in [6, 6.07) is 12.2. The van der Waals surface area contributed by atoms with Crippen molar-refractivity contribution in [3.63, 3.8) is 0 Å². The van der Waals surface area contributed by atoms with E-state index in [-0.39, 0.29) is 5.92 Å². The van der Waals surface area contributed by atoms with E-state index < -0.39 is 0 Å². The summed E-state index contributed by atoms with van der Waals surface area (Å²) in [6.07, 6.45) is 0.990. The van der Waals surface area contributed by atoms with Gasteiger partial charge in [0.05, 0.1) is 11.6 Å². The Morgan fingerprint density at radius 3 is 2.95 bits per heavy atom. The van der Waals surface area contributed by atoms with Gasteiger partial charge in [-0.1, -0.05) is 40.2 Å². The Hall–Kier alpha value is -1.81. The van der Waals surface area contributed by atoms with Crippen LogP contribution in [0, 0.1) is 0 Å². The highest BCUT2D eigenvalue weighted by molar-refractivity contribution is 9.10. The summed E-state index contributed by atoms with van der Waals surface area (Å²) in [6.45, 7) is 0. The fourth-order valence-corrected chi connectivity index (χ4v) is 3.13. The van der Waals surface area contributed by atoms with Gasteiger partial charge in [0.2, 0.25) is 5.89 Å². The van der Waals surface area contributed by atoms with Crippen LogP contribution in [0.4, 0.5) is 5.69 Å². The molecule has 1 unspecified atom stereocenters. The lowest BCUT2D eigenvalue weighted by molar-refractivity contribution is 0.477. The number of rotatable bonds is 1. The van der Waals surface area contributed by atoms with Crippen LogP contribution >= 0.6 is 15.9 Å². The molecule has 0 saturated heterocycles. The molecule has 1 aromatic heterocycles. The summed E-state index contributed by atoms with van der Waals surface area (Å²) in [5, 5.41) is 0. The molecular weight excluding hydrogens is 304 g/mol. The number of anilines is 1. The van der Waals surface area contributed by atoms with Gasteiger partial charge in [-0.05, 0) is 29.7 Å². The molecule has 2 aromatic carbocycles. The number of nitrogen functional groups attached to an aromatic ring is 1. The molecular formula is C15H11BrN2O. The molecule has 3 aromatic rings. The molecule has 0 radical (unpaired) electrons. The molecule has 1 aliphatic rings. The van der Waals surface area contributed by atoms with Crippen LogP contribution in [0.25, 0.3) is 11.1 Å². The molecule has 1 heterocycles. The first-order chi connectivity index (χ1) is 9.22. The van der Waals surface area contributed by atoms with Crippen molar-refractivity contribution in [2.45, 2.75) is 12.3 Å². The Bertz CT molecular complexity index is 794. The molecule has 0 aliphatic heterocycles. The van der Waals surface area contributed by atoms with Crippen molar-refractivity contribution >= 4 is 32.7 Å². The molecule has 4 heteroatoms. The van der Waals surface area contributed by atoms with Crippen molar-refractivity contribution in [1.82, 2.24) is 4.98 Å². The van der Waals surface area contributed by atoms with E-state index in [1.807, 2.05) is 12.1 Å². The average molecular weight is 315 g/mol. The van der Waals surface area contributed by atoms with Gasteiger partial charge in [-0.3, -0.25) is 0 Å². The van der Waals surface area contributed by atoms with Gasteiger partial charge in [-0.15, -0.1) is 0 Å². The largest absolute Gasteiger partial charge is 0.438 e. The highest BCUT2D eigenvalue weighted by Crippen LogP contribution is 2.41. The SMILES string of the molecule is Nc1cc(Br)cc2nc(C3Cc4ccccc43)oc12. The Morgan fingerprint density at radius 1 is 1.26 bits per heavy atom. The lowest BCUT2D eigenvalue weighted by atomic mass is 9.77. The second-order valence-corrected chi connectivity index (χ2v) is 5.77. The number of halogens is 1. The summed E-state index contributed by atoms with van der Waals surface area (Å²) in [5.74, 6) is 1.03. The number of oxazole rings is 1. The minimum Gasteiger partial charge on any atom is -0.438 e. The first-order valence-electron chi connectivity index (χ1n) is 6.15. The lowest BCUT2D eigenvalue weighted by Crippen LogP contribution is -2.18. The van der Waals surface area contributed by atoms with Crippen LogP contribution in [0.2, 0.25) is 0 Å². The van der Waals surface area contributed by atoms with Gasteiger partial charge in [-0.25, -0.2) is 4.98 Å². The highest BCUT2D eigenvalue weighted by atomic mass is 79.9. The van der Waals surface area contributed by atoms with Crippen LogP contribution in [0.1, 0.15) is 22.9 Å². The molecule has 19 heavy (non-hydrogen) atoms. The van der Waals surface area contributed by atoms with Crippen LogP contribution in [0.15, 0.2) is 45.3 Å². The summed E-state index contributed by atoms with van der Waals surface area (Å²) in [7, 11) is 0. The Balaban J connectivity index is 1.84. The van der Waals surface area contributed by atoms with E-state index in [1.54, 1.807) is 0 Å². The van der Waals surface area contributed by atoms with Crippen molar-refractivity contribution in [1.29, 1.82) is 0 Å². The standard InChI is InChI=1S/C15H11BrN2O/c16-9-6-12(17)14-13(7-9)18-15(19-14)11-5-8-3-1-2-4-10(8)11/h1-4,6-7,11H,5,17H2. The minimum atomic E-state index is 0.266. The first-order valence-corrected chi connectivity index (χ1v) is 6.95.